The van der Waals surface area contributed by atoms with Crippen molar-refractivity contribution in [2.24, 2.45) is 0 Å². The highest BCUT2D eigenvalue weighted by molar-refractivity contribution is 7.92. The largest absolute Gasteiger partial charge is 0.354 e. The van der Waals surface area contributed by atoms with Crippen molar-refractivity contribution in [1.29, 1.82) is 0 Å². The predicted octanol–water partition coefficient (Wildman–Crippen LogP) is 8.02. The fraction of sp³-hybridized carbons (Fsp3) is 0.278. The number of nitrogens with one attached hydrogen (secondary N) is 1. The molecular formula is C36H38Cl3N3O4S. The Bertz CT molecular complexity index is 1780. The summed E-state index contributed by atoms with van der Waals surface area (Å²) in [6.45, 7) is 5.29. The Morgan fingerprint density at radius 2 is 1.51 bits per heavy atom. The van der Waals surface area contributed by atoms with Crippen LogP contribution in [0.4, 0.5) is 5.69 Å². The fourth-order valence-electron chi connectivity index (χ4n) is 5.16. The third-order valence-corrected chi connectivity index (χ3v) is 10.5. The van der Waals surface area contributed by atoms with Gasteiger partial charge in [0.05, 0.1) is 10.6 Å². The van der Waals surface area contributed by atoms with Gasteiger partial charge in [0.1, 0.15) is 12.6 Å². The van der Waals surface area contributed by atoms with E-state index in [0.717, 1.165) is 28.3 Å². The first-order valence-electron chi connectivity index (χ1n) is 15.3. The van der Waals surface area contributed by atoms with Crippen LogP contribution in [0.25, 0.3) is 0 Å². The maximum Gasteiger partial charge on any atom is 0.264 e. The lowest BCUT2D eigenvalue weighted by Gasteiger charge is -2.34. The molecule has 0 aromatic heterocycles. The summed E-state index contributed by atoms with van der Waals surface area (Å²) in [7, 11) is -4.26. The van der Waals surface area contributed by atoms with Crippen molar-refractivity contribution in [3.63, 3.8) is 0 Å². The number of unbranched alkanes of at least 4 members (excludes halogenated alkanes) is 1. The molecule has 0 aliphatic rings. The molecule has 11 heteroatoms. The monoisotopic (exact) mass is 713 g/mol. The first kappa shape index (κ1) is 36.3. The lowest BCUT2D eigenvalue weighted by atomic mass is 10.0. The van der Waals surface area contributed by atoms with Gasteiger partial charge in [0.2, 0.25) is 11.8 Å². The van der Waals surface area contributed by atoms with Gasteiger partial charge in [-0.05, 0) is 73.9 Å². The zero-order valence-corrected chi connectivity index (χ0v) is 29.6. The number of hydrogen-bond donors (Lipinski definition) is 1. The Balaban J connectivity index is 1.85. The summed E-state index contributed by atoms with van der Waals surface area (Å²) in [5.74, 6) is -0.980. The summed E-state index contributed by atoms with van der Waals surface area (Å²) in [5, 5.41) is 4.03. The summed E-state index contributed by atoms with van der Waals surface area (Å²) in [6.07, 6.45) is 1.80. The van der Waals surface area contributed by atoms with E-state index in [-0.39, 0.29) is 29.5 Å². The quantitative estimate of drug-likeness (QED) is 0.134. The van der Waals surface area contributed by atoms with E-state index in [1.807, 2.05) is 44.2 Å². The lowest BCUT2D eigenvalue weighted by Crippen LogP contribution is -2.53. The fourth-order valence-corrected chi connectivity index (χ4v) is 7.39. The number of amides is 2. The molecule has 0 aliphatic heterocycles. The molecule has 0 saturated heterocycles. The molecule has 4 rings (SSSR count). The number of rotatable bonds is 14. The zero-order chi connectivity index (χ0) is 34.1. The summed E-state index contributed by atoms with van der Waals surface area (Å²) < 4.78 is 29.6. The van der Waals surface area contributed by atoms with Gasteiger partial charge in [-0.25, -0.2) is 8.42 Å². The van der Waals surface area contributed by atoms with Gasteiger partial charge in [-0.2, -0.15) is 0 Å². The molecule has 0 radical (unpaired) electrons. The summed E-state index contributed by atoms with van der Waals surface area (Å²) in [5.41, 5.74) is 2.99. The number of anilines is 1. The molecule has 0 bridgehead atoms. The number of hydrogen-bond acceptors (Lipinski definition) is 4. The van der Waals surface area contributed by atoms with Crippen molar-refractivity contribution >= 4 is 62.3 Å². The van der Waals surface area contributed by atoms with Crippen LogP contribution in [0.15, 0.2) is 95.9 Å². The molecule has 0 aliphatic carbocycles. The topological polar surface area (TPSA) is 86.8 Å². The Labute approximate surface area is 292 Å². The first-order chi connectivity index (χ1) is 22.4. The average molecular weight is 715 g/mol. The molecule has 0 spiro atoms. The van der Waals surface area contributed by atoms with Crippen molar-refractivity contribution in [3.05, 3.63) is 128 Å². The average Bonchev–Trinajstić information content (AvgIpc) is 3.03. The van der Waals surface area contributed by atoms with E-state index in [2.05, 4.69) is 5.32 Å². The second-order valence-electron chi connectivity index (χ2n) is 11.3. The van der Waals surface area contributed by atoms with Gasteiger partial charge in [-0.15, -0.1) is 0 Å². The maximum atomic E-state index is 14.7. The predicted molar refractivity (Wildman–Crippen MR) is 191 cm³/mol. The van der Waals surface area contributed by atoms with Gasteiger partial charge in [0.25, 0.3) is 10.0 Å². The number of nitrogens with zero attached hydrogens (tertiary/aromatic N) is 2. The minimum absolute atomic E-state index is 0.0177. The van der Waals surface area contributed by atoms with Gasteiger partial charge in [0, 0.05) is 40.1 Å². The molecule has 0 heterocycles. The van der Waals surface area contributed by atoms with Crippen molar-refractivity contribution in [1.82, 2.24) is 10.2 Å². The van der Waals surface area contributed by atoms with Gasteiger partial charge in [-0.1, -0.05) is 102 Å². The molecule has 7 nitrogen and oxygen atoms in total. The van der Waals surface area contributed by atoms with Crippen LogP contribution in [-0.4, -0.2) is 44.3 Å². The van der Waals surface area contributed by atoms with Crippen LogP contribution in [0, 0.1) is 13.8 Å². The van der Waals surface area contributed by atoms with Gasteiger partial charge >= 0.3 is 0 Å². The van der Waals surface area contributed by atoms with Crippen LogP contribution in [0.5, 0.6) is 0 Å². The highest BCUT2D eigenvalue weighted by atomic mass is 35.5. The van der Waals surface area contributed by atoms with Crippen molar-refractivity contribution in [3.8, 4) is 0 Å². The van der Waals surface area contributed by atoms with E-state index < -0.39 is 28.5 Å². The first-order valence-corrected chi connectivity index (χ1v) is 17.9. The number of sulfonamides is 1. The molecule has 0 saturated carbocycles. The normalized spacial score (nSPS) is 12.0. The molecular weight excluding hydrogens is 677 g/mol. The number of halogens is 3. The molecule has 47 heavy (non-hydrogen) atoms. The minimum Gasteiger partial charge on any atom is -0.354 e. The van der Waals surface area contributed by atoms with Gasteiger partial charge < -0.3 is 10.2 Å². The van der Waals surface area contributed by atoms with Gasteiger partial charge in [0.15, 0.2) is 0 Å². The molecule has 4 aromatic carbocycles. The molecule has 0 unspecified atom stereocenters. The second-order valence-corrected chi connectivity index (χ2v) is 14.4. The molecule has 2 amide bonds. The van der Waals surface area contributed by atoms with Crippen molar-refractivity contribution < 1.29 is 18.0 Å². The Morgan fingerprint density at radius 3 is 2.13 bits per heavy atom. The minimum atomic E-state index is -4.26. The maximum absolute atomic E-state index is 14.7. The van der Waals surface area contributed by atoms with Crippen LogP contribution in [0.3, 0.4) is 0 Å². The third kappa shape index (κ3) is 9.29. The van der Waals surface area contributed by atoms with Crippen LogP contribution >= 0.6 is 34.8 Å². The number of benzene rings is 4. The second kappa shape index (κ2) is 16.5. The van der Waals surface area contributed by atoms with E-state index in [4.69, 9.17) is 34.8 Å². The summed E-state index contributed by atoms with van der Waals surface area (Å²) in [6, 6.07) is 24.5. The van der Waals surface area contributed by atoms with Crippen molar-refractivity contribution in [2.75, 3.05) is 17.4 Å². The summed E-state index contributed by atoms with van der Waals surface area (Å²) >= 11 is 19.4. The highest BCUT2D eigenvalue weighted by Crippen LogP contribution is 2.31. The van der Waals surface area contributed by atoms with E-state index >= 15 is 0 Å². The van der Waals surface area contributed by atoms with Crippen molar-refractivity contribution in [2.45, 2.75) is 57.5 Å². The van der Waals surface area contributed by atoms with E-state index in [1.165, 1.54) is 17.0 Å². The number of carbonyl (C=O) groups is 2. The molecule has 0 fully saturated rings. The van der Waals surface area contributed by atoms with E-state index in [1.54, 1.807) is 55.5 Å². The van der Waals surface area contributed by atoms with Crippen LogP contribution in [0.1, 0.15) is 42.0 Å². The molecule has 1 N–H and O–H groups in total. The zero-order valence-electron chi connectivity index (χ0n) is 26.5. The molecule has 4 aromatic rings. The van der Waals surface area contributed by atoms with Crippen LogP contribution in [-0.2, 0) is 32.6 Å². The standard InChI is InChI=1S/C36H38Cl3N3O4S/c1-4-5-20-40-36(44)34(22-27-10-7-6-8-11-27)41(23-30-31(38)12-9-13-32(30)39)35(43)24-42(33-19-16-28(37)21-26(33)3)47(45,46)29-17-14-25(2)15-18-29/h6-19,21,34H,4-5,20,22-24H2,1-3H3,(H,40,44)/t34-/m0/s1. The smallest absolute Gasteiger partial charge is 0.264 e. The highest BCUT2D eigenvalue weighted by Gasteiger charge is 2.35. The Hall–Kier alpha value is -3.56. The third-order valence-electron chi connectivity index (χ3n) is 7.81. The lowest BCUT2D eigenvalue weighted by molar-refractivity contribution is -0.140. The SMILES string of the molecule is CCCCNC(=O)[C@H](Cc1ccccc1)N(Cc1c(Cl)cccc1Cl)C(=O)CN(c1ccc(Cl)cc1C)S(=O)(=O)c1ccc(C)cc1. The Kier molecular flexibility index (Phi) is 12.7. The van der Waals surface area contributed by atoms with E-state index in [9.17, 15) is 18.0 Å². The van der Waals surface area contributed by atoms with E-state index in [0.29, 0.717) is 32.7 Å². The molecule has 1 atom stereocenters. The van der Waals surface area contributed by atoms with Crippen LogP contribution in [0.2, 0.25) is 15.1 Å². The number of carbonyl (C=O) groups excluding carboxylic acids is 2. The summed E-state index contributed by atoms with van der Waals surface area (Å²) in [4.78, 5) is 30.0. The molecule has 248 valence electrons. The van der Waals surface area contributed by atoms with Crippen LogP contribution < -0.4 is 9.62 Å². The van der Waals surface area contributed by atoms with Gasteiger partial charge in [-0.3, -0.25) is 13.9 Å². The number of aryl methyl sites for hydroxylation is 2. The Morgan fingerprint density at radius 1 is 0.851 bits per heavy atom.